The fraction of sp³-hybridized carbons (Fsp3) is 0.562. The van der Waals surface area contributed by atoms with Crippen molar-refractivity contribution in [1.82, 2.24) is 10.2 Å². The van der Waals surface area contributed by atoms with Crippen molar-refractivity contribution in [1.29, 1.82) is 0 Å². The number of hydrogen-bond donors (Lipinski definition) is 2. The number of urea groups is 1. The van der Waals surface area contributed by atoms with E-state index in [1.165, 1.54) is 5.69 Å². The first-order valence-corrected chi connectivity index (χ1v) is 7.71. The Kier molecular flexibility index (Phi) is 5.87. The predicted octanol–water partition coefficient (Wildman–Crippen LogP) is 1.65. The molecule has 3 N–H and O–H groups in total. The van der Waals surface area contributed by atoms with Crippen LogP contribution < -0.4 is 16.0 Å². The second-order valence-corrected chi connectivity index (χ2v) is 5.66. The van der Waals surface area contributed by atoms with Gasteiger partial charge in [-0.25, -0.2) is 4.79 Å². The number of amides is 2. The minimum absolute atomic E-state index is 0.294. The average molecular weight is 290 g/mol. The number of rotatable bonds is 6. The third-order valence-electron chi connectivity index (χ3n) is 4.11. The van der Waals surface area contributed by atoms with E-state index in [-0.39, 0.29) is 6.03 Å². The Balaban J connectivity index is 1.59. The molecule has 5 nitrogen and oxygen atoms in total. The third-order valence-corrected chi connectivity index (χ3v) is 4.11. The highest BCUT2D eigenvalue weighted by atomic mass is 16.2. The second kappa shape index (κ2) is 7.88. The number of anilines is 1. The summed E-state index contributed by atoms with van der Waals surface area (Å²) in [7, 11) is 2.13. The number of nitrogens with one attached hydrogen (secondary N) is 1. The summed E-state index contributed by atoms with van der Waals surface area (Å²) in [4.78, 5) is 15.1. The summed E-state index contributed by atoms with van der Waals surface area (Å²) >= 11 is 0. The zero-order chi connectivity index (χ0) is 15.1. The average Bonchev–Trinajstić information content (AvgIpc) is 2.52. The summed E-state index contributed by atoms with van der Waals surface area (Å²) in [5.41, 5.74) is 6.54. The molecular formula is C16H26N4O. The van der Waals surface area contributed by atoms with Gasteiger partial charge in [-0.1, -0.05) is 18.2 Å². The summed E-state index contributed by atoms with van der Waals surface area (Å²) in [5.74, 6) is 0. The number of carbonyl (C=O) groups excluding carboxylic acids is 1. The normalized spacial score (nSPS) is 16.0. The maximum Gasteiger partial charge on any atom is 0.314 e. The fourth-order valence-electron chi connectivity index (χ4n) is 2.74. The van der Waals surface area contributed by atoms with E-state index >= 15 is 0 Å². The molecule has 1 fully saturated rings. The van der Waals surface area contributed by atoms with Gasteiger partial charge < -0.3 is 20.9 Å². The van der Waals surface area contributed by atoms with Crippen LogP contribution in [0.3, 0.4) is 0 Å². The van der Waals surface area contributed by atoms with Crippen molar-refractivity contribution in [3.05, 3.63) is 30.3 Å². The summed E-state index contributed by atoms with van der Waals surface area (Å²) in [5, 5.41) is 3.58. The molecule has 0 radical (unpaired) electrons. The Hall–Kier alpha value is -1.75. The molecule has 1 heterocycles. The van der Waals surface area contributed by atoms with Gasteiger partial charge in [0.15, 0.2) is 0 Å². The van der Waals surface area contributed by atoms with Gasteiger partial charge in [0.25, 0.3) is 0 Å². The molecule has 5 heteroatoms. The first-order valence-electron chi connectivity index (χ1n) is 7.71. The molecule has 0 aliphatic carbocycles. The van der Waals surface area contributed by atoms with E-state index in [2.05, 4.69) is 41.5 Å². The maximum absolute atomic E-state index is 11.1. The highest BCUT2D eigenvalue weighted by Crippen LogP contribution is 2.12. The fourth-order valence-corrected chi connectivity index (χ4v) is 2.74. The SMILES string of the molecule is CN(CCCNC1CCN(C(N)=O)CC1)c1ccccc1. The van der Waals surface area contributed by atoms with E-state index in [9.17, 15) is 4.79 Å². The summed E-state index contributed by atoms with van der Waals surface area (Å²) in [6.45, 7) is 3.60. The molecule has 0 aromatic heterocycles. The largest absolute Gasteiger partial charge is 0.375 e. The van der Waals surface area contributed by atoms with E-state index in [1.807, 2.05) is 6.07 Å². The smallest absolute Gasteiger partial charge is 0.314 e. The lowest BCUT2D eigenvalue weighted by Gasteiger charge is -2.31. The standard InChI is InChI=1S/C16H26N4O/c1-19(15-6-3-2-4-7-15)11-5-10-18-14-8-12-20(13-9-14)16(17)21/h2-4,6-7,14,18H,5,8-13H2,1H3,(H2,17,21). The number of carbonyl (C=O) groups is 1. The molecule has 0 spiro atoms. The van der Waals surface area contributed by atoms with Crippen molar-refractivity contribution in [2.45, 2.75) is 25.3 Å². The highest BCUT2D eigenvalue weighted by molar-refractivity contribution is 5.72. The van der Waals surface area contributed by atoms with Crippen LogP contribution in [0, 0.1) is 0 Å². The minimum atomic E-state index is -0.294. The van der Waals surface area contributed by atoms with Gasteiger partial charge in [-0.05, 0) is 37.9 Å². The second-order valence-electron chi connectivity index (χ2n) is 5.66. The van der Waals surface area contributed by atoms with Gasteiger partial charge >= 0.3 is 6.03 Å². The number of primary amides is 1. The molecule has 1 aliphatic rings. The number of nitrogens with two attached hydrogens (primary N) is 1. The number of piperidine rings is 1. The number of likely N-dealkylation sites (tertiary alicyclic amines) is 1. The van der Waals surface area contributed by atoms with Crippen molar-refractivity contribution in [2.75, 3.05) is 38.1 Å². The molecule has 0 bridgehead atoms. The quantitative estimate of drug-likeness (QED) is 0.783. The predicted molar refractivity (Wildman–Crippen MR) is 86.5 cm³/mol. The van der Waals surface area contributed by atoms with E-state index in [1.54, 1.807) is 4.90 Å². The van der Waals surface area contributed by atoms with Crippen LogP contribution in [0.15, 0.2) is 30.3 Å². The van der Waals surface area contributed by atoms with Crippen LogP contribution in [0.25, 0.3) is 0 Å². The Morgan fingerprint density at radius 1 is 1.33 bits per heavy atom. The van der Waals surface area contributed by atoms with Gasteiger partial charge in [-0.2, -0.15) is 0 Å². The van der Waals surface area contributed by atoms with Crippen molar-refractivity contribution in [2.24, 2.45) is 5.73 Å². The molecule has 0 unspecified atom stereocenters. The Labute approximate surface area is 127 Å². The van der Waals surface area contributed by atoms with Crippen molar-refractivity contribution >= 4 is 11.7 Å². The highest BCUT2D eigenvalue weighted by Gasteiger charge is 2.20. The van der Waals surface area contributed by atoms with Gasteiger partial charge in [0.1, 0.15) is 0 Å². The molecule has 1 aromatic rings. The van der Waals surface area contributed by atoms with E-state index in [0.717, 1.165) is 45.4 Å². The zero-order valence-electron chi connectivity index (χ0n) is 12.8. The molecule has 0 atom stereocenters. The maximum atomic E-state index is 11.1. The molecule has 21 heavy (non-hydrogen) atoms. The number of hydrogen-bond acceptors (Lipinski definition) is 3. The Bertz CT molecular complexity index is 429. The van der Waals surface area contributed by atoms with Gasteiger partial charge in [-0.15, -0.1) is 0 Å². The van der Waals surface area contributed by atoms with Crippen LogP contribution in [0.4, 0.5) is 10.5 Å². The van der Waals surface area contributed by atoms with Crippen LogP contribution in [0.5, 0.6) is 0 Å². The van der Waals surface area contributed by atoms with Crippen LogP contribution in [-0.2, 0) is 0 Å². The summed E-state index contributed by atoms with van der Waals surface area (Å²) in [6, 6.07) is 10.7. The van der Waals surface area contributed by atoms with Crippen LogP contribution in [-0.4, -0.2) is 50.2 Å². The molecule has 2 amide bonds. The van der Waals surface area contributed by atoms with Crippen LogP contribution >= 0.6 is 0 Å². The lowest BCUT2D eigenvalue weighted by atomic mass is 10.1. The Morgan fingerprint density at radius 2 is 2.00 bits per heavy atom. The van der Waals surface area contributed by atoms with Crippen molar-refractivity contribution in [3.63, 3.8) is 0 Å². The summed E-state index contributed by atoms with van der Waals surface area (Å²) < 4.78 is 0. The molecule has 1 saturated heterocycles. The molecule has 0 saturated carbocycles. The van der Waals surface area contributed by atoms with Crippen molar-refractivity contribution < 1.29 is 4.79 Å². The molecule has 1 aromatic carbocycles. The van der Waals surface area contributed by atoms with Gasteiger partial charge in [0.2, 0.25) is 0 Å². The molecular weight excluding hydrogens is 264 g/mol. The first kappa shape index (κ1) is 15.6. The molecule has 116 valence electrons. The van der Waals surface area contributed by atoms with Gasteiger partial charge in [-0.3, -0.25) is 0 Å². The summed E-state index contributed by atoms with van der Waals surface area (Å²) in [6.07, 6.45) is 3.11. The first-order chi connectivity index (χ1) is 10.2. The van der Waals surface area contributed by atoms with E-state index < -0.39 is 0 Å². The zero-order valence-corrected chi connectivity index (χ0v) is 12.8. The molecule has 2 rings (SSSR count). The number of benzene rings is 1. The topological polar surface area (TPSA) is 61.6 Å². The lowest BCUT2D eigenvalue weighted by Crippen LogP contribution is -2.47. The van der Waals surface area contributed by atoms with Gasteiger partial charge in [0, 0.05) is 38.4 Å². The Morgan fingerprint density at radius 3 is 2.62 bits per heavy atom. The van der Waals surface area contributed by atoms with Crippen molar-refractivity contribution in [3.8, 4) is 0 Å². The van der Waals surface area contributed by atoms with Crippen LogP contribution in [0.2, 0.25) is 0 Å². The lowest BCUT2D eigenvalue weighted by molar-refractivity contribution is 0.185. The third kappa shape index (κ3) is 4.93. The van der Waals surface area contributed by atoms with Gasteiger partial charge in [0.05, 0.1) is 0 Å². The van der Waals surface area contributed by atoms with Crippen LogP contribution in [0.1, 0.15) is 19.3 Å². The van der Waals surface area contributed by atoms with E-state index in [0.29, 0.717) is 6.04 Å². The number of nitrogens with zero attached hydrogens (tertiary/aromatic N) is 2. The van der Waals surface area contributed by atoms with E-state index in [4.69, 9.17) is 5.73 Å². The monoisotopic (exact) mass is 290 g/mol. The minimum Gasteiger partial charge on any atom is -0.375 e. The molecule has 1 aliphatic heterocycles. The number of para-hydroxylation sites is 1.